The van der Waals surface area contributed by atoms with Crippen molar-refractivity contribution in [2.24, 2.45) is 5.41 Å². The molecule has 0 radical (unpaired) electrons. The number of hydrogen-bond acceptors (Lipinski definition) is 4. The zero-order valence-electron chi connectivity index (χ0n) is 10.3. The van der Waals surface area contributed by atoms with Crippen LogP contribution in [0.3, 0.4) is 0 Å². The Morgan fingerprint density at radius 3 is 3.00 bits per heavy atom. The van der Waals surface area contributed by atoms with Crippen LogP contribution in [0.1, 0.15) is 20.3 Å². The summed E-state index contributed by atoms with van der Waals surface area (Å²) in [6, 6.07) is 1.71. The Hall–Kier alpha value is -1.62. The molecule has 0 aliphatic rings. The fraction of sp³-hybridized carbons (Fsp3) is 0.417. The van der Waals surface area contributed by atoms with E-state index in [-0.39, 0.29) is 11.8 Å². The number of ether oxygens (including phenoxy) is 1. The van der Waals surface area contributed by atoms with E-state index >= 15 is 0 Å². The normalized spacial score (nSPS) is 14.4. The van der Waals surface area contributed by atoms with E-state index in [1.807, 2.05) is 6.92 Å². The molecule has 0 saturated carbocycles. The van der Waals surface area contributed by atoms with Crippen LogP contribution in [0, 0.1) is 5.41 Å². The zero-order chi connectivity index (χ0) is 13.2. The number of aromatic nitrogens is 3. The van der Waals surface area contributed by atoms with Gasteiger partial charge < -0.3 is 4.74 Å². The molecular formula is C12H14ClN3O2. The second-order valence-corrected chi connectivity index (χ2v) is 4.66. The summed E-state index contributed by atoms with van der Waals surface area (Å²) in [5.74, 6) is 0.351. The number of rotatable bonds is 4. The summed E-state index contributed by atoms with van der Waals surface area (Å²) in [7, 11) is 0. The molecule has 2 aromatic heterocycles. The number of halogens is 1. The summed E-state index contributed by atoms with van der Waals surface area (Å²) in [4.78, 5) is 15.9. The first-order chi connectivity index (χ1) is 8.59. The van der Waals surface area contributed by atoms with Crippen LogP contribution in [0.25, 0.3) is 5.52 Å². The molecule has 0 spiro atoms. The van der Waals surface area contributed by atoms with Crippen molar-refractivity contribution in [3.8, 4) is 5.75 Å². The third kappa shape index (κ3) is 2.31. The maximum Gasteiger partial charge on any atom is 0.318 e. The van der Waals surface area contributed by atoms with E-state index in [9.17, 15) is 4.79 Å². The second kappa shape index (κ2) is 4.94. The number of carbonyl (C=O) groups is 1. The average Bonchev–Trinajstić information content (AvgIpc) is 2.79. The molecule has 18 heavy (non-hydrogen) atoms. The Bertz CT molecular complexity index is 530. The molecule has 96 valence electrons. The topological polar surface area (TPSA) is 56.5 Å². The Kier molecular flexibility index (Phi) is 3.52. The lowest BCUT2D eigenvalue weighted by molar-refractivity contribution is -0.143. The summed E-state index contributed by atoms with van der Waals surface area (Å²) in [6.07, 6.45) is 5.33. The molecule has 0 aliphatic heterocycles. The zero-order valence-corrected chi connectivity index (χ0v) is 11.0. The van der Waals surface area contributed by atoms with Gasteiger partial charge in [0, 0.05) is 11.9 Å². The van der Waals surface area contributed by atoms with Crippen molar-refractivity contribution >= 4 is 23.1 Å². The van der Waals surface area contributed by atoms with Crippen molar-refractivity contribution in [3.05, 3.63) is 24.8 Å². The summed E-state index contributed by atoms with van der Waals surface area (Å²) in [6.45, 7) is 3.70. The quantitative estimate of drug-likeness (QED) is 0.630. The third-order valence-corrected chi connectivity index (χ3v) is 3.62. The molecule has 2 rings (SSSR count). The van der Waals surface area contributed by atoms with Gasteiger partial charge in [0.05, 0.1) is 23.3 Å². The minimum absolute atomic E-state index is 0.232. The molecule has 0 aromatic carbocycles. The van der Waals surface area contributed by atoms with Gasteiger partial charge in [-0.1, -0.05) is 6.92 Å². The van der Waals surface area contributed by atoms with E-state index in [1.165, 1.54) is 6.33 Å². The van der Waals surface area contributed by atoms with Gasteiger partial charge in [-0.05, 0) is 13.3 Å². The molecule has 0 bridgehead atoms. The minimum Gasteiger partial charge on any atom is -0.424 e. The van der Waals surface area contributed by atoms with E-state index in [4.69, 9.17) is 16.3 Å². The van der Waals surface area contributed by atoms with Crippen molar-refractivity contribution in [3.63, 3.8) is 0 Å². The van der Waals surface area contributed by atoms with Gasteiger partial charge in [0.25, 0.3) is 0 Å². The van der Waals surface area contributed by atoms with Gasteiger partial charge in [-0.2, -0.15) is 5.10 Å². The fourth-order valence-corrected chi connectivity index (χ4v) is 1.71. The summed E-state index contributed by atoms with van der Waals surface area (Å²) in [5, 5.41) is 4.00. The maximum atomic E-state index is 12.0. The molecule has 0 saturated heterocycles. The molecule has 1 atom stereocenters. The maximum absolute atomic E-state index is 12.0. The molecule has 1 unspecified atom stereocenters. The minimum atomic E-state index is -0.665. The first-order valence-corrected chi connectivity index (χ1v) is 6.19. The molecule has 2 heterocycles. The van der Waals surface area contributed by atoms with Crippen LogP contribution < -0.4 is 4.74 Å². The number of fused-ring (bicyclic) bond motifs is 1. The van der Waals surface area contributed by atoms with E-state index in [2.05, 4.69) is 10.1 Å². The van der Waals surface area contributed by atoms with Crippen LogP contribution in [0.15, 0.2) is 24.8 Å². The van der Waals surface area contributed by atoms with E-state index in [1.54, 1.807) is 29.9 Å². The Labute approximate surface area is 110 Å². The first-order valence-electron chi connectivity index (χ1n) is 5.65. The van der Waals surface area contributed by atoms with Crippen LogP contribution in [0.2, 0.25) is 0 Å². The number of hydrogen-bond donors (Lipinski definition) is 0. The SMILES string of the molecule is CCC(C)(CCl)C(=O)Oc1cc2cncnn2c1. The predicted molar refractivity (Wildman–Crippen MR) is 67.7 cm³/mol. The predicted octanol–water partition coefficient (Wildman–Crippen LogP) is 2.29. The molecule has 0 amide bonds. The lowest BCUT2D eigenvalue weighted by Gasteiger charge is -2.22. The molecule has 0 N–H and O–H groups in total. The highest BCUT2D eigenvalue weighted by atomic mass is 35.5. The third-order valence-electron chi connectivity index (χ3n) is 3.03. The van der Waals surface area contributed by atoms with Gasteiger partial charge in [0.1, 0.15) is 6.33 Å². The average molecular weight is 268 g/mol. The summed E-state index contributed by atoms with van der Waals surface area (Å²) < 4.78 is 6.93. The molecule has 6 heteroatoms. The highest BCUT2D eigenvalue weighted by molar-refractivity contribution is 6.19. The smallest absolute Gasteiger partial charge is 0.318 e. The van der Waals surface area contributed by atoms with Crippen molar-refractivity contribution < 1.29 is 9.53 Å². The Morgan fingerprint density at radius 2 is 2.39 bits per heavy atom. The van der Waals surface area contributed by atoms with Gasteiger partial charge in [-0.25, -0.2) is 9.50 Å². The van der Waals surface area contributed by atoms with Crippen molar-refractivity contribution in [1.29, 1.82) is 0 Å². The van der Waals surface area contributed by atoms with Crippen molar-refractivity contribution in [2.75, 3.05) is 5.88 Å². The lowest BCUT2D eigenvalue weighted by atomic mass is 9.90. The van der Waals surface area contributed by atoms with E-state index in [0.29, 0.717) is 12.2 Å². The Balaban J connectivity index is 2.21. The molecule has 2 aromatic rings. The van der Waals surface area contributed by atoms with Gasteiger partial charge in [-0.3, -0.25) is 4.79 Å². The van der Waals surface area contributed by atoms with E-state index < -0.39 is 5.41 Å². The van der Waals surface area contributed by atoms with Crippen LogP contribution in [0.4, 0.5) is 0 Å². The summed E-state index contributed by atoms with van der Waals surface area (Å²) in [5.41, 5.74) is 0.103. The van der Waals surface area contributed by atoms with Crippen LogP contribution in [-0.4, -0.2) is 26.4 Å². The number of esters is 1. The Morgan fingerprint density at radius 1 is 1.61 bits per heavy atom. The number of carbonyl (C=O) groups excluding carboxylic acids is 1. The lowest BCUT2D eigenvalue weighted by Crippen LogP contribution is -2.33. The van der Waals surface area contributed by atoms with Crippen LogP contribution in [-0.2, 0) is 4.79 Å². The van der Waals surface area contributed by atoms with Crippen molar-refractivity contribution in [2.45, 2.75) is 20.3 Å². The fourth-order valence-electron chi connectivity index (χ4n) is 1.42. The largest absolute Gasteiger partial charge is 0.424 e. The monoisotopic (exact) mass is 267 g/mol. The highest BCUT2D eigenvalue weighted by Gasteiger charge is 2.32. The standard InChI is InChI=1S/C12H14ClN3O2/c1-3-12(2,7-13)11(17)18-10-4-9-5-14-8-15-16(9)6-10/h4-6,8H,3,7H2,1-2H3. The van der Waals surface area contributed by atoms with Gasteiger partial charge >= 0.3 is 5.97 Å². The molecule has 0 fully saturated rings. The van der Waals surface area contributed by atoms with Crippen LogP contribution in [0.5, 0.6) is 5.75 Å². The second-order valence-electron chi connectivity index (χ2n) is 4.39. The number of nitrogens with zero attached hydrogens (tertiary/aromatic N) is 3. The highest BCUT2D eigenvalue weighted by Crippen LogP contribution is 2.26. The number of alkyl halides is 1. The van der Waals surface area contributed by atoms with Gasteiger partial charge in [-0.15, -0.1) is 11.6 Å². The van der Waals surface area contributed by atoms with Crippen LogP contribution >= 0.6 is 11.6 Å². The van der Waals surface area contributed by atoms with Gasteiger partial charge in [0.15, 0.2) is 5.75 Å². The van der Waals surface area contributed by atoms with Crippen molar-refractivity contribution in [1.82, 2.24) is 14.6 Å². The first kappa shape index (κ1) is 12.8. The molecule has 0 aliphatic carbocycles. The summed E-state index contributed by atoms with van der Waals surface area (Å²) >= 11 is 5.82. The molecular weight excluding hydrogens is 254 g/mol. The van der Waals surface area contributed by atoms with E-state index in [0.717, 1.165) is 5.52 Å². The van der Waals surface area contributed by atoms with Gasteiger partial charge in [0.2, 0.25) is 0 Å². The molecule has 5 nitrogen and oxygen atoms in total.